The molecule has 0 saturated heterocycles. The monoisotopic (exact) mass is 327 g/mol. The first-order chi connectivity index (χ1) is 9.99. The summed E-state index contributed by atoms with van der Waals surface area (Å²) in [7, 11) is 0. The molecule has 0 unspecified atom stereocenters. The van der Waals surface area contributed by atoms with E-state index in [9.17, 15) is 9.59 Å². The van der Waals surface area contributed by atoms with Crippen LogP contribution in [0.2, 0.25) is 5.02 Å². The Kier molecular flexibility index (Phi) is 5.53. The number of hydrogen-bond donors (Lipinski definition) is 2. The van der Waals surface area contributed by atoms with Gasteiger partial charge in [0.1, 0.15) is 0 Å². The van der Waals surface area contributed by atoms with Crippen molar-refractivity contribution < 1.29 is 14.7 Å². The quantitative estimate of drug-likeness (QED) is 0.807. The van der Waals surface area contributed by atoms with Crippen LogP contribution in [0, 0.1) is 0 Å². The summed E-state index contributed by atoms with van der Waals surface area (Å²) in [5.74, 6) is 0.124. The van der Waals surface area contributed by atoms with Gasteiger partial charge in [0, 0.05) is 10.8 Å². The Morgan fingerprint density at radius 1 is 1.29 bits per heavy atom. The Labute approximate surface area is 133 Å². The van der Waals surface area contributed by atoms with Crippen LogP contribution >= 0.6 is 23.4 Å². The number of nitrogens with one attached hydrogen (secondary N) is 1. The van der Waals surface area contributed by atoms with Gasteiger partial charge >= 0.3 is 5.97 Å². The number of halogens is 1. The van der Waals surface area contributed by atoms with E-state index in [2.05, 4.69) is 5.32 Å². The van der Waals surface area contributed by atoms with Crippen molar-refractivity contribution in [2.24, 2.45) is 0 Å². The van der Waals surface area contributed by atoms with Crippen molar-refractivity contribution in [2.75, 3.05) is 5.75 Å². The number of amides is 1. The lowest BCUT2D eigenvalue weighted by molar-refractivity contribution is -0.140. The van der Waals surface area contributed by atoms with Gasteiger partial charge in [0.05, 0.1) is 17.7 Å². The van der Waals surface area contributed by atoms with E-state index in [0.29, 0.717) is 10.8 Å². The Hall–Kier alpha value is -1.20. The number of rotatable bonds is 7. The summed E-state index contributed by atoms with van der Waals surface area (Å²) in [4.78, 5) is 22.8. The van der Waals surface area contributed by atoms with Crippen LogP contribution in [0.3, 0.4) is 0 Å². The number of carbonyl (C=O) groups is 2. The van der Waals surface area contributed by atoms with Gasteiger partial charge in [-0.2, -0.15) is 0 Å². The fourth-order valence-corrected chi connectivity index (χ4v) is 3.33. The van der Waals surface area contributed by atoms with Crippen LogP contribution in [0.15, 0.2) is 24.3 Å². The van der Waals surface area contributed by atoms with Gasteiger partial charge < -0.3 is 10.4 Å². The van der Waals surface area contributed by atoms with E-state index in [-0.39, 0.29) is 12.3 Å². The van der Waals surface area contributed by atoms with Crippen LogP contribution in [0.5, 0.6) is 0 Å². The fraction of sp³-hybridized carbons (Fsp3) is 0.467. The van der Waals surface area contributed by atoms with Crippen LogP contribution < -0.4 is 5.32 Å². The van der Waals surface area contributed by atoms with Crippen LogP contribution in [0.4, 0.5) is 0 Å². The maximum absolute atomic E-state index is 11.9. The van der Waals surface area contributed by atoms with Crippen LogP contribution in [-0.4, -0.2) is 28.3 Å². The zero-order valence-corrected chi connectivity index (χ0v) is 13.2. The van der Waals surface area contributed by atoms with Gasteiger partial charge in [-0.05, 0) is 37.0 Å². The van der Waals surface area contributed by atoms with E-state index in [0.717, 1.165) is 30.6 Å². The van der Waals surface area contributed by atoms with E-state index in [1.165, 1.54) is 11.8 Å². The number of aliphatic carboxylic acids is 1. The first-order valence-electron chi connectivity index (χ1n) is 6.84. The van der Waals surface area contributed by atoms with Gasteiger partial charge in [0.15, 0.2) is 0 Å². The number of thioether (sulfide) groups is 1. The van der Waals surface area contributed by atoms with Crippen molar-refractivity contribution in [1.82, 2.24) is 5.32 Å². The first-order valence-corrected chi connectivity index (χ1v) is 8.37. The molecule has 0 bridgehead atoms. The molecule has 0 heterocycles. The van der Waals surface area contributed by atoms with Crippen molar-refractivity contribution in [3.63, 3.8) is 0 Å². The molecular formula is C15H18ClNO3S. The smallest absolute Gasteiger partial charge is 0.305 e. The average Bonchev–Trinajstić information content (AvgIpc) is 2.38. The molecule has 0 aliphatic heterocycles. The third kappa shape index (κ3) is 4.93. The van der Waals surface area contributed by atoms with Crippen LogP contribution in [0.1, 0.15) is 31.2 Å². The molecule has 6 heteroatoms. The largest absolute Gasteiger partial charge is 0.481 e. The molecular weight excluding hydrogens is 310 g/mol. The Bertz CT molecular complexity index is 514. The minimum absolute atomic E-state index is 0.0145. The van der Waals surface area contributed by atoms with Crippen molar-refractivity contribution >= 4 is 35.2 Å². The third-order valence-corrected chi connectivity index (χ3v) is 4.88. The molecule has 1 aromatic carbocycles. The van der Waals surface area contributed by atoms with Crippen molar-refractivity contribution in [1.29, 1.82) is 0 Å². The van der Waals surface area contributed by atoms with Crippen molar-refractivity contribution in [3.05, 3.63) is 34.9 Å². The lowest BCUT2D eigenvalue weighted by atomic mass is 9.74. The molecule has 1 aromatic rings. The molecule has 0 atom stereocenters. The summed E-state index contributed by atoms with van der Waals surface area (Å²) >= 11 is 7.33. The molecule has 2 N–H and O–H groups in total. The van der Waals surface area contributed by atoms with Gasteiger partial charge in [-0.15, -0.1) is 11.8 Å². The topological polar surface area (TPSA) is 66.4 Å². The number of carboxylic acid groups (broad SMARTS) is 1. The average molecular weight is 328 g/mol. The maximum Gasteiger partial charge on any atom is 0.305 e. The summed E-state index contributed by atoms with van der Waals surface area (Å²) in [5, 5.41) is 12.5. The van der Waals surface area contributed by atoms with Gasteiger partial charge in [0.25, 0.3) is 0 Å². The molecule has 1 aliphatic rings. The van der Waals surface area contributed by atoms with E-state index < -0.39 is 11.5 Å². The Morgan fingerprint density at radius 3 is 2.48 bits per heavy atom. The maximum atomic E-state index is 11.9. The van der Waals surface area contributed by atoms with Crippen molar-refractivity contribution in [3.8, 4) is 0 Å². The zero-order valence-electron chi connectivity index (χ0n) is 11.6. The van der Waals surface area contributed by atoms with Gasteiger partial charge in [0.2, 0.25) is 5.91 Å². The first kappa shape index (κ1) is 16.2. The molecule has 0 spiro atoms. The molecule has 1 amide bonds. The highest BCUT2D eigenvalue weighted by atomic mass is 35.5. The summed E-state index contributed by atoms with van der Waals surface area (Å²) in [6.45, 7) is 0. The minimum atomic E-state index is -0.858. The SMILES string of the molecule is O=C(O)CC1(NC(=O)CSCc2ccc(Cl)cc2)CCC1. The number of carbonyl (C=O) groups excluding carboxylic acids is 1. The molecule has 2 rings (SSSR count). The second-order valence-corrected chi connectivity index (χ2v) is 6.79. The molecule has 4 nitrogen and oxygen atoms in total. The second kappa shape index (κ2) is 7.18. The molecule has 1 fully saturated rings. The molecule has 1 saturated carbocycles. The molecule has 0 aromatic heterocycles. The second-order valence-electron chi connectivity index (χ2n) is 5.37. The lowest BCUT2D eigenvalue weighted by Gasteiger charge is -2.41. The summed E-state index contributed by atoms with van der Waals surface area (Å²) in [5.41, 5.74) is 0.602. The summed E-state index contributed by atoms with van der Waals surface area (Å²) in [6.07, 6.45) is 2.51. The van der Waals surface area contributed by atoms with E-state index >= 15 is 0 Å². The predicted octanol–water partition coefficient (Wildman–Crippen LogP) is 3.09. The van der Waals surface area contributed by atoms with E-state index in [1.54, 1.807) is 0 Å². The lowest BCUT2D eigenvalue weighted by Crippen LogP contribution is -2.55. The minimum Gasteiger partial charge on any atom is -0.481 e. The molecule has 21 heavy (non-hydrogen) atoms. The Balaban J connectivity index is 1.74. The van der Waals surface area contributed by atoms with Gasteiger partial charge in [-0.25, -0.2) is 0 Å². The highest BCUT2D eigenvalue weighted by Crippen LogP contribution is 2.35. The number of carboxylic acids is 1. The normalized spacial score (nSPS) is 16.0. The third-order valence-electron chi connectivity index (χ3n) is 3.62. The van der Waals surface area contributed by atoms with Crippen molar-refractivity contribution in [2.45, 2.75) is 37.0 Å². The number of benzene rings is 1. The van der Waals surface area contributed by atoms with Gasteiger partial charge in [-0.3, -0.25) is 9.59 Å². The van der Waals surface area contributed by atoms with Gasteiger partial charge in [-0.1, -0.05) is 23.7 Å². The predicted molar refractivity (Wildman–Crippen MR) is 84.6 cm³/mol. The zero-order chi connectivity index (χ0) is 15.3. The fourth-order valence-electron chi connectivity index (χ4n) is 2.41. The molecule has 1 aliphatic carbocycles. The van der Waals surface area contributed by atoms with E-state index in [1.807, 2.05) is 24.3 Å². The van der Waals surface area contributed by atoms with Crippen LogP contribution in [-0.2, 0) is 15.3 Å². The molecule has 114 valence electrons. The standard InChI is InChI=1S/C15H18ClNO3S/c16-12-4-2-11(3-5-12)9-21-10-13(18)17-15(6-1-7-15)8-14(19)20/h2-5H,1,6-10H2,(H,17,18)(H,19,20). The number of hydrogen-bond acceptors (Lipinski definition) is 3. The summed E-state index contributed by atoms with van der Waals surface area (Å²) in [6, 6.07) is 7.53. The summed E-state index contributed by atoms with van der Waals surface area (Å²) < 4.78 is 0. The van der Waals surface area contributed by atoms with Crippen LogP contribution in [0.25, 0.3) is 0 Å². The molecule has 0 radical (unpaired) electrons. The highest BCUT2D eigenvalue weighted by molar-refractivity contribution is 7.99. The highest BCUT2D eigenvalue weighted by Gasteiger charge is 2.40. The van der Waals surface area contributed by atoms with E-state index in [4.69, 9.17) is 16.7 Å². The Morgan fingerprint density at radius 2 is 1.95 bits per heavy atom.